The number of hydrogen-bond acceptors (Lipinski definition) is 4. The molecule has 0 saturated carbocycles. The molecular formula is C21H42N4. The Hall–Kier alpha value is -0.160. The van der Waals surface area contributed by atoms with Gasteiger partial charge in [0.2, 0.25) is 0 Å². The van der Waals surface area contributed by atoms with Gasteiger partial charge in [0.25, 0.3) is 0 Å². The minimum atomic E-state index is 0.341. The van der Waals surface area contributed by atoms with Gasteiger partial charge in [-0.2, -0.15) is 0 Å². The van der Waals surface area contributed by atoms with Gasteiger partial charge in [-0.25, -0.2) is 0 Å². The van der Waals surface area contributed by atoms with Crippen LogP contribution in [0.3, 0.4) is 0 Å². The molecule has 4 nitrogen and oxygen atoms in total. The van der Waals surface area contributed by atoms with Crippen LogP contribution in [0.25, 0.3) is 0 Å². The molecule has 0 atom stereocenters. The third kappa shape index (κ3) is 4.97. The molecule has 0 radical (unpaired) electrons. The lowest BCUT2D eigenvalue weighted by molar-refractivity contribution is -0.0159. The van der Waals surface area contributed by atoms with Gasteiger partial charge in [0.1, 0.15) is 0 Å². The fourth-order valence-electron chi connectivity index (χ4n) is 4.81. The first kappa shape index (κ1) is 19.6. The molecule has 0 amide bonds. The third-order valence-electron chi connectivity index (χ3n) is 6.76. The Bertz CT molecular complexity index is 414. The van der Waals surface area contributed by atoms with Gasteiger partial charge in [-0.05, 0) is 60.3 Å². The van der Waals surface area contributed by atoms with E-state index in [9.17, 15) is 0 Å². The smallest absolute Gasteiger partial charge is 0.0125 e. The molecule has 25 heavy (non-hydrogen) atoms. The SMILES string of the molecule is CC(C)(C)N1CCC(N2CCN(CC3CN(C(C)(C)C)C3)CC2)CC1. The average Bonchev–Trinajstić information content (AvgIpc) is 2.49. The maximum Gasteiger partial charge on any atom is 0.0125 e. The fraction of sp³-hybridized carbons (Fsp3) is 1.00. The maximum absolute atomic E-state index is 2.79. The monoisotopic (exact) mass is 350 g/mol. The van der Waals surface area contributed by atoms with Gasteiger partial charge in [-0.3, -0.25) is 14.7 Å². The number of piperidine rings is 1. The lowest BCUT2D eigenvalue weighted by Crippen LogP contribution is -2.60. The Morgan fingerprint density at radius 2 is 1.20 bits per heavy atom. The average molecular weight is 351 g/mol. The molecule has 0 spiro atoms. The Kier molecular flexibility index (Phi) is 5.85. The summed E-state index contributed by atoms with van der Waals surface area (Å²) in [4.78, 5) is 10.8. The second-order valence-electron chi connectivity index (χ2n) is 10.7. The van der Waals surface area contributed by atoms with Gasteiger partial charge >= 0.3 is 0 Å². The normalized spacial score (nSPS) is 27.6. The zero-order chi connectivity index (χ0) is 18.2. The first-order valence-corrected chi connectivity index (χ1v) is 10.6. The molecule has 3 rings (SSSR count). The Labute approximate surface area is 156 Å². The minimum absolute atomic E-state index is 0.341. The molecule has 0 aromatic heterocycles. The number of hydrogen-bond donors (Lipinski definition) is 0. The van der Waals surface area contributed by atoms with Gasteiger partial charge < -0.3 is 4.90 Å². The van der Waals surface area contributed by atoms with Crippen LogP contribution in [0.15, 0.2) is 0 Å². The molecule has 3 aliphatic heterocycles. The molecule has 0 aromatic carbocycles. The van der Waals surface area contributed by atoms with Crippen LogP contribution in [-0.2, 0) is 0 Å². The predicted octanol–water partition coefficient (Wildman–Crippen LogP) is 2.60. The predicted molar refractivity (Wildman–Crippen MR) is 107 cm³/mol. The molecule has 3 fully saturated rings. The zero-order valence-corrected chi connectivity index (χ0v) is 17.7. The van der Waals surface area contributed by atoms with E-state index in [0.717, 1.165) is 12.0 Å². The van der Waals surface area contributed by atoms with Crippen molar-refractivity contribution < 1.29 is 0 Å². The van der Waals surface area contributed by atoms with Crippen molar-refractivity contribution in [1.82, 2.24) is 19.6 Å². The van der Waals surface area contributed by atoms with E-state index in [0.29, 0.717) is 11.1 Å². The van der Waals surface area contributed by atoms with Crippen molar-refractivity contribution in [2.24, 2.45) is 5.92 Å². The van der Waals surface area contributed by atoms with E-state index >= 15 is 0 Å². The number of nitrogens with zero attached hydrogens (tertiary/aromatic N) is 4. The van der Waals surface area contributed by atoms with E-state index in [1.54, 1.807) is 0 Å². The van der Waals surface area contributed by atoms with E-state index < -0.39 is 0 Å². The largest absolute Gasteiger partial charge is 0.300 e. The summed E-state index contributed by atoms with van der Waals surface area (Å²) in [6, 6.07) is 0.834. The third-order valence-corrected chi connectivity index (χ3v) is 6.76. The fourth-order valence-corrected chi connectivity index (χ4v) is 4.81. The van der Waals surface area contributed by atoms with E-state index in [1.165, 1.54) is 71.7 Å². The summed E-state index contributed by atoms with van der Waals surface area (Å²) in [5, 5.41) is 0. The Morgan fingerprint density at radius 3 is 1.68 bits per heavy atom. The Morgan fingerprint density at radius 1 is 0.680 bits per heavy atom. The van der Waals surface area contributed by atoms with Crippen molar-refractivity contribution in [3.05, 3.63) is 0 Å². The highest BCUT2D eigenvalue weighted by Gasteiger charge is 2.36. The van der Waals surface area contributed by atoms with Crippen molar-refractivity contribution in [2.75, 3.05) is 58.9 Å². The molecule has 0 aliphatic carbocycles. The Balaban J connectivity index is 1.35. The van der Waals surface area contributed by atoms with Gasteiger partial charge in [0.05, 0.1) is 0 Å². The van der Waals surface area contributed by atoms with Crippen LogP contribution in [0.5, 0.6) is 0 Å². The molecule has 0 unspecified atom stereocenters. The lowest BCUT2D eigenvalue weighted by Gasteiger charge is -2.50. The van der Waals surface area contributed by atoms with Crippen LogP contribution < -0.4 is 0 Å². The summed E-state index contributed by atoms with van der Waals surface area (Å²) >= 11 is 0. The van der Waals surface area contributed by atoms with Crippen molar-refractivity contribution in [3.8, 4) is 0 Å². The number of rotatable bonds is 3. The van der Waals surface area contributed by atoms with Crippen LogP contribution in [0, 0.1) is 5.92 Å². The van der Waals surface area contributed by atoms with Crippen LogP contribution in [0.2, 0.25) is 0 Å². The second kappa shape index (κ2) is 7.46. The van der Waals surface area contributed by atoms with Crippen molar-refractivity contribution in [3.63, 3.8) is 0 Å². The summed E-state index contributed by atoms with van der Waals surface area (Å²) in [5.74, 6) is 0.904. The molecule has 0 aromatic rings. The quantitative estimate of drug-likeness (QED) is 0.775. The lowest BCUT2D eigenvalue weighted by atomic mass is 9.92. The molecular weight excluding hydrogens is 308 g/mol. The number of likely N-dealkylation sites (tertiary alicyclic amines) is 2. The molecule has 3 saturated heterocycles. The second-order valence-corrected chi connectivity index (χ2v) is 10.7. The highest BCUT2D eigenvalue weighted by atomic mass is 15.3. The van der Waals surface area contributed by atoms with E-state index in [-0.39, 0.29) is 0 Å². The highest BCUT2D eigenvalue weighted by molar-refractivity contribution is 4.92. The highest BCUT2D eigenvalue weighted by Crippen LogP contribution is 2.27. The summed E-state index contributed by atoms with van der Waals surface area (Å²) in [7, 11) is 0. The first-order valence-electron chi connectivity index (χ1n) is 10.6. The van der Waals surface area contributed by atoms with E-state index in [1.807, 2.05) is 0 Å². The summed E-state index contributed by atoms with van der Waals surface area (Å²) < 4.78 is 0. The van der Waals surface area contributed by atoms with E-state index in [2.05, 4.69) is 61.1 Å². The number of piperazine rings is 1. The molecule has 0 N–H and O–H groups in total. The van der Waals surface area contributed by atoms with E-state index in [4.69, 9.17) is 0 Å². The van der Waals surface area contributed by atoms with Crippen LogP contribution in [0.1, 0.15) is 54.4 Å². The van der Waals surface area contributed by atoms with Crippen LogP contribution >= 0.6 is 0 Å². The molecule has 0 bridgehead atoms. The summed E-state index contributed by atoms with van der Waals surface area (Å²) in [6.07, 6.45) is 2.72. The van der Waals surface area contributed by atoms with Gasteiger partial charge in [-0.15, -0.1) is 0 Å². The first-order chi connectivity index (χ1) is 11.6. The van der Waals surface area contributed by atoms with Gasteiger partial charge in [-0.1, -0.05) is 0 Å². The maximum atomic E-state index is 2.79. The van der Waals surface area contributed by atoms with Crippen LogP contribution in [-0.4, -0.2) is 95.6 Å². The standard InChI is InChI=1S/C21H42N4/c1-20(2,3)24-9-7-19(8-10-24)23-13-11-22(12-14-23)15-18-16-25(17-18)21(4,5)6/h18-19H,7-17H2,1-6H3. The summed E-state index contributed by atoms with van der Waals surface area (Å²) in [5.41, 5.74) is 0.699. The minimum Gasteiger partial charge on any atom is -0.300 e. The molecule has 3 heterocycles. The summed E-state index contributed by atoms with van der Waals surface area (Å²) in [6.45, 7) is 25.7. The molecule has 4 heteroatoms. The van der Waals surface area contributed by atoms with Crippen molar-refractivity contribution in [2.45, 2.75) is 71.5 Å². The van der Waals surface area contributed by atoms with Crippen molar-refractivity contribution in [1.29, 1.82) is 0 Å². The van der Waals surface area contributed by atoms with Crippen molar-refractivity contribution >= 4 is 0 Å². The van der Waals surface area contributed by atoms with Crippen LogP contribution in [0.4, 0.5) is 0 Å². The zero-order valence-electron chi connectivity index (χ0n) is 17.7. The van der Waals surface area contributed by atoms with Gasteiger partial charge in [0.15, 0.2) is 0 Å². The topological polar surface area (TPSA) is 13.0 Å². The van der Waals surface area contributed by atoms with Gasteiger partial charge in [0, 0.05) is 76.0 Å². The molecule has 146 valence electrons. The molecule has 3 aliphatic rings.